The molecular formula is C23H37NO3Si4. The molecule has 4 nitrogen and oxygen atoms in total. The molecule has 0 aliphatic carbocycles. The van der Waals surface area contributed by atoms with Crippen LogP contribution in [0, 0.1) is 11.3 Å². The van der Waals surface area contributed by atoms with Crippen molar-refractivity contribution in [1.29, 1.82) is 5.26 Å². The first kappa shape index (κ1) is 25.9. The fraction of sp³-hybridized carbons (Fsp3) is 0.435. The number of benzene rings is 2. The monoisotopic (exact) mass is 487 g/mol. The quantitative estimate of drug-likeness (QED) is 0.365. The highest BCUT2D eigenvalue weighted by Gasteiger charge is 2.42. The van der Waals surface area contributed by atoms with Gasteiger partial charge >= 0.3 is 17.1 Å². The molecule has 0 aliphatic heterocycles. The second-order valence-corrected chi connectivity index (χ2v) is 26.7. The maximum Gasteiger partial charge on any atom is 0.312 e. The molecule has 0 atom stereocenters. The van der Waals surface area contributed by atoms with Gasteiger partial charge in [0.2, 0.25) is 0 Å². The fourth-order valence-electron chi connectivity index (χ4n) is 4.12. The number of hydrogen-bond donors (Lipinski definition) is 0. The van der Waals surface area contributed by atoms with Gasteiger partial charge in [-0.3, -0.25) is 0 Å². The Labute approximate surface area is 192 Å². The summed E-state index contributed by atoms with van der Waals surface area (Å²) in [6.07, 6.45) is 0. The van der Waals surface area contributed by atoms with Crippen LogP contribution in [0.5, 0.6) is 0 Å². The molecule has 0 unspecified atom stereocenters. The van der Waals surface area contributed by atoms with Crippen molar-refractivity contribution in [3.05, 3.63) is 59.7 Å². The standard InChI is InChI=1S/C23H37NO3Si4/c1-28(2,3)25-30(6,7)27-31(8,9)26-29(4,5)19-21-12-16-23(17-13-21)22-14-10-20(18-24)11-15-22/h10-17H,19H2,1-9H3. The van der Waals surface area contributed by atoms with E-state index in [4.69, 9.17) is 17.6 Å². The van der Waals surface area contributed by atoms with E-state index in [1.807, 2.05) is 24.3 Å². The minimum atomic E-state index is -2.31. The molecule has 2 aromatic rings. The molecule has 0 aromatic heterocycles. The Balaban J connectivity index is 2.04. The summed E-state index contributed by atoms with van der Waals surface area (Å²) in [5.41, 5.74) is 4.24. The van der Waals surface area contributed by atoms with Gasteiger partial charge in [-0.1, -0.05) is 36.4 Å². The van der Waals surface area contributed by atoms with Gasteiger partial charge in [-0.2, -0.15) is 5.26 Å². The van der Waals surface area contributed by atoms with Gasteiger partial charge in [-0.05, 0) is 93.8 Å². The summed E-state index contributed by atoms with van der Waals surface area (Å²) in [5, 5.41) is 8.97. The first-order valence-corrected chi connectivity index (χ1v) is 23.0. The molecule has 0 amide bonds. The molecule has 0 N–H and O–H groups in total. The first-order chi connectivity index (χ1) is 14.1. The molecule has 168 valence electrons. The van der Waals surface area contributed by atoms with Gasteiger partial charge in [-0.25, -0.2) is 0 Å². The van der Waals surface area contributed by atoms with E-state index in [0.717, 1.165) is 17.2 Å². The molecule has 0 heterocycles. The summed E-state index contributed by atoms with van der Waals surface area (Å²) in [7, 11) is -8.14. The Morgan fingerprint density at radius 3 is 1.55 bits per heavy atom. The molecule has 0 spiro atoms. The van der Waals surface area contributed by atoms with Gasteiger partial charge < -0.3 is 12.3 Å². The summed E-state index contributed by atoms with van der Waals surface area (Å²) in [6, 6.07) is 19.5. The van der Waals surface area contributed by atoms with E-state index in [1.165, 1.54) is 5.56 Å². The number of hydrogen-bond acceptors (Lipinski definition) is 4. The van der Waals surface area contributed by atoms with E-state index in [2.05, 4.69) is 89.3 Å². The van der Waals surface area contributed by atoms with Crippen LogP contribution in [0.1, 0.15) is 11.1 Å². The van der Waals surface area contributed by atoms with Crippen LogP contribution in [0.25, 0.3) is 11.1 Å². The minimum absolute atomic E-state index is 0.681. The van der Waals surface area contributed by atoms with Crippen molar-refractivity contribution in [2.45, 2.75) is 65.0 Å². The predicted molar refractivity (Wildman–Crippen MR) is 139 cm³/mol. The van der Waals surface area contributed by atoms with Crippen LogP contribution < -0.4 is 0 Å². The maximum atomic E-state index is 8.97. The van der Waals surface area contributed by atoms with Gasteiger partial charge in [0, 0.05) is 0 Å². The van der Waals surface area contributed by atoms with Crippen molar-refractivity contribution in [3.8, 4) is 17.2 Å². The van der Waals surface area contributed by atoms with Crippen molar-refractivity contribution in [2.24, 2.45) is 0 Å². The predicted octanol–water partition coefficient (Wildman–Crippen LogP) is 6.80. The molecule has 0 aliphatic rings. The lowest BCUT2D eigenvalue weighted by Gasteiger charge is -2.40. The Morgan fingerprint density at radius 2 is 1.10 bits per heavy atom. The molecule has 0 radical (unpaired) electrons. The third-order valence-corrected chi connectivity index (χ3v) is 18.3. The van der Waals surface area contributed by atoms with E-state index in [1.54, 1.807) is 0 Å². The summed E-state index contributed by atoms with van der Waals surface area (Å²) in [5.74, 6) is 0. The zero-order valence-corrected chi connectivity index (χ0v) is 24.5. The Kier molecular flexibility index (Phi) is 8.08. The summed E-state index contributed by atoms with van der Waals surface area (Å²) in [6.45, 7) is 19.7. The maximum absolute atomic E-state index is 8.97. The van der Waals surface area contributed by atoms with Crippen molar-refractivity contribution in [3.63, 3.8) is 0 Å². The Morgan fingerprint density at radius 1 is 0.645 bits per heavy atom. The van der Waals surface area contributed by atoms with Gasteiger partial charge in [0.15, 0.2) is 16.6 Å². The van der Waals surface area contributed by atoms with Crippen molar-refractivity contribution >= 4 is 33.8 Å². The first-order valence-electron chi connectivity index (χ1n) is 10.8. The van der Waals surface area contributed by atoms with E-state index >= 15 is 0 Å². The summed E-state index contributed by atoms with van der Waals surface area (Å²) < 4.78 is 19.6. The molecule has 31 heavy (non-hydrogen) atoms. The van der Waals surface area contributed by atoms with Crippen LogP contribution in [-0.4, -0.2) is 33.8 Å². The third-order valence-electron chi connectivity index (χ3n) is 4.50. The minimum Gasteiger partial charge on any atom is -0.437 e. The van der Waals surface area contributed by atoms with Crippen LogP contribution in [0.2, 0.25) is 58.9 Å². The molecule has 8 heteroatoms. The molecule has 0 saturated heterocycles. The highest BCUT2D eigenvalue weighted by Crippen LogP contribution is 2.26. The zero-order chi connectivity index (χ0) is 23.5. The van der Waals surface area contributed by atoms with Crippen LogP contribution in [0.4, 0.5) is 0 Å². The third kappa shape index (κ3) is 8.98. The molecule has 2 rings (SSSR count). The molecular weight excluding hydrogens is 451 g/mol. The zero-order valence-electron chi connectivity index (χ0n) is 20.5. The summed E-state index contributed by atoms with van der Waals surface area (Å²) >= 11 is 0. The number of nitrogens with zero attached hydrogens (tertiary/aromatic N) is 1. The van der Waals surface area contributed by atoms with E-state index in [0.29, 0.717) is 5.56 Å². The van der Waals surface area contributed by atoms with Crippen LogP contribution >= 0.6 is 0 Å². The lowest BCUT2D eigenvalue weighted by Crippen LogP contribution is -2.56. The van der Waals surface area contributed by atoms with Crippen molar-refractivity contribution in [2.75, 3.05) is 0 Å². The van der Waals surface area contributed by atoms with Crippen molar-refractivity contribution in [1.82, 2.24) is 0 Å². The fourth-order valence-corrected chi connectivity index (χ4v) is 22.7. The molecule has 0 fully saturated rings. The van der Waals surface area contributed by atoms with Crippen LogP contribution in [-0.2, 0) is 18.4 Å². The second kappa shape index (κ2) is 9.66. The van der Waals surface area contributed by atoms with Crippen molar-refractivity contribution < 1.29 is 12.3 Å². The van der Waals surface area contributed by atoms with Gasteiger partial charge in [0.05, 0.1) is 11.6 Å². The van der Waals surface area contributed by atoms with E-state index < -0.39 is 33.8 Å². The summed E-state index contributed by atoms with van der Waals surface area (Å²) in [4.78, 5) is 0. The Hall–Kier alpha value is -1.32. The Bertz CT molecular complexity index is 912. The largest absolute Gasteiger partial charge is 0.437 e. The molecule has 0 saturated carbocycles. The van der Waals surface area contributed by atoms with Gasteiger partial charge in [0.25, 0.3) is 0 Å². The van der Waals surface area contributed by atoms with E-state index in [-0.39, 0.29) is 0 Å². The van der Waals surface area contributed by atoms with Gasteiger partial charge in [-0.15, -0.1) is 0 Å². The smallest absolute Gasteiger partial charge is 0.312 e. The second-order valence-electron chi connectivity index (χ2n) is 10.5. The average molecular weight is 488 g/mol. The lowest BCUT2D eigenvalue weighted by atomic mass is 10.0. The SMILES string of the molecule is C[Si](C)(C)O[Si](C)(C)O[Si](C)(C)O[Si](C)(C)Cc1ccc(-c2ccc(C#N)cc2)cc1. The molecule has 2 aromatic carbocycles. The lowest BCUT2D eigenvalue weighted by molar-refractivity contribution is 0.329. The highest BCUT2D eigenvalue weighted by molar-refractivity contribution is 6.89. The van der Waals surface area contributed by atoms with Gasteiger partial charge in [0.1, 0.15) is 0 Å². The topological polar surface area (TPSA) is 51.5 Å². The number of rotatable bonds is 9. The molecule has 0 bridgehead atoms. The normalized spacial score (nSPS) is 13.2. The van der Waals surface area contributed by atoms with Crippen LogP contribution in [0.3, 0.4) is 0 Å². The highest BCUT2D eigenvalue weighted by atomic mass is 28.5. The average Bonchev–Trinajstić information content (AvgIpc) is 2.57. The van der Waals surface area contributed by atoms with E-state index in [9.17, 15) is 0 Å². The number of nitriles is 1. The van der Waals surface area contributed by atoms with Crippen LogP contribution in [0.15, 0.2) is 48.5 Å².